The van der Waals surface area contributed by atoms with Crippen LogP contribution in [0.25, 0.3) is 0 Å². The average molecular weight is 411 g/mol. The third kappa shape index (κ3) is 3.61. The molecule has 2 amide bonds. The number of thiazole rings is 1. The molecule has 1 aliphatic rings. The van der Waals surface area contributed by atoms with Gasteiger partial charge >= 0.3 is 0 Å². The number of para-hydroxylation sites is 2. The minimum Gasteiger partial charge on any atom is -0.495 e. The fraction of sp³-hybridized carbons (Fsp3) is 0.300. The summed E-state index contributed by atoms with van der Waals surface area (Å²) in [6, 6.07) is 7.23. The molecule has 0 fully saturated rings. The minimum absolute atomic E-state index is 0.116. The van der Waals surface area contributed by atoms with Crippen LogP contribution in [0, 0.1) is 6.92 Å². The fourth-order valence-electron chi connectivity index (χ4n) is 3.53. The number of rotatable bonds is 4. The Morgan fingerprint density at radius 2 is 2.10 bits per heavy atom. The van der Waals surface area contributed by atoms with Crippen LogP contribution in [0.2, 0.25) is 0 Å². The number of carbonyl (C=O) groups is 2. The van der Waals surface area contributed by atoms with Gasteiger partial charge < -0.3 is 15.0 Å². The lowest BCUT2D eigenvalue weighted by Gasteiger charge is -2.31. The highest BCUT2D eigenvalue weighted by molar-refractivity contribution is 7.11. The van der Waals surface area contributed by atoms with E-state index in [0.717, 1.165) is 5.56 Å². The average Bonchev–Trinajstić information content (AvgIpc) is 3.31. The second-order valence-corrected chi connectivity index (χ2v) is 7.76. The second-order valence-electron chi connectivity index (χ2n) is 6.91. The molecule has 1 N–H and O–H groups in total. The Balaban J connectivity index is 1.63. The summed E-state index contributed by atoms with van der Waals surface area (Å²) in [5.41, 5.74) is 4.51. The van der Waals surface area contributed by atoms with Crippen molar-refractivity contribution in [3.05, 3.63) is 57.8 Å². The number of methoxy groups -OCH3 is 1. The lowest BCUT2D eigenvalue weighted by atomic mass is 9.95. The maximum atomic E-state index is 13.2. The van der Waals surface area contributed by atoms with Gasteiger partial charge in [0.15, 0.2) is 0 Å². The van der Waals surface area contributed by atoms with Crippen LogP contribution in [-0.2, 0) is 18.4 Å². The van der Waals surface area contributed by atoms with E-state index in [2.05, 4.69) is 15.4 Å². The highest BCUT2D eigenvalue weighted by atomic mass is 32.1. The van der Waals surface area contributed by atoms with Crippen LogP contribution in [0.5, 0.6) is 5.75 Å². The molecule has 1 aliphatic heterocycles. The minimum atomic E-state index is -0.581. The van der Waals surface area contributed by atoms with Gasteiger partial charge in [-0.2, -0.15) is 5.10 Å². The third-order valence-corrected chi connectivity index (χ3v) is 5.86. The number of fused-ring (bicyclic) bond motifs is 1. The number of aromatic nitrogens is 3. The second kappa shape index (κ2) is 7.67. The summed E-state index contributed by atoms with van der Waals surface area (Å²) < 4.78 is 7.00. The Kier molecular flexibility index (Phi) is 5.06. The van der Waals surface area contributed by atoms with Gasteiger partial charge in [-0.25, -0.2) is 4.98 Å². The smallest absolute Gasteiger partial charge is 0.266 e. The highest BCUT2D eigenvalue weighted by Gasteiger charge is 2.36. The Hall–Kier alpha value is -3.20. The van der Waals surface area contributed by atoms with Gasteiger partial charge in [0.2, 0.25) is 5.91 Å². The van der Waals surface area contributed by atoms with Crippen LogP contribution in [0.3, 0.4) is 0 Å². The third-order valence-electron chi connectivity index (χ3n) is 4.94. The SMILES string of the molecule is COc1ccccc1NC(=O)C1CN(C(=O)c2scnc2C)Cc2cn(C)nc21. The zero-order chi connectivity index (χ0) is 20.5. The molecule has 1 aromatic carbocycles. The first-order valence-corrected chi connectivity index (χ1v) is 10.0. The van der Waals surface area contributed by atoms with E-state index < -0.39 is 5.92 Å². The monoisotopic (exact) mass is 411 g/mol. The van der Waals surface area contributed by atoms with Crippen molar-refractivity contribution in [3.8, 4) is 5.75 Å². The summed E-state index contributed by atoms with van der Waals surface area (Å²) in [5, 5.41) is 7.41. The molecule has 2 aromatic heterocycles. The molecule has 0 bridgehead atoms. The number of nitrogens with zero attached hydrogens (tertiary/aromatic N) is 4. The largest absolute Gasteiger partial charge is 0.495 e. The van der Waals surface area contributed by atoms with Crippen molar-refractivity contribution in [2.24, 2.45) is 7.05 Å². The Morgan fingerprint density at radius 3 is 2.83 bits per heavy atom. The standard InChI is InChI=1S/C20H21N5O3S/c1-12-18(29-11-21-12)20(27)25-9-13-8-24(2)23-17(13)14(10-25)19(26)22-15-6-4-5-7-16(15)28-3/h4-8,11,14H,9-10H2,1-3H3,(H,22,26). The summed E-state index contributed by atoms with van der Waals surface area (Å²) in [5.74, 6) is -0.351. The zero-order valence-corrected chi connectivity index (χ0v) is 17.2. The topological polar surface area (TPSA) is 89.4 Å². The van der Waals surface area contributed by atoms with Crippen molar-refractivity contribution >= 4 is 28.8 Å². The van der Waals surface area contributed by atoms with Gasteiger partial charge in [-0.1, -0.05) is 12.1 Å². The van der Waals surface area contributed by atoms with Crippen LogP contribution in [0.15, 0.2) is 36.0 Å². The highest BCUT2D eigenvalue weighted by Crippen LogP contribution is 2.31. The number of aryl methyl sites for hydroxylation is 2. The van der Waals surface area contributed by atoms with Crippen molar-refractivity contribution in [2.45, 2.75) is 19.4 Å². The first-order valence-electron chi connectivity index (χ1n) is 9.13. The molecule has 0 aliphatic carbocycles. The first kappa shape index (κ1) is 19.1. The van der Waals surface area contributed by atoms with Crippen molar-refractivity contribution in [2.75, 3.05) is 19.0 Å². The number of anilines is 1. The molecule has 0 radical (unpaired) electrons. The molecule has 29 heavy (non-hydrogen) atoms. The van der Waals surface area contributed by atoms with E-state index in [1.165, 1.54) is 11.3 Å². The van der Waals surface area contributed by atoms with E-state index in [1.807, 2.05) is 32.3 Å². The van der Waals surface area contributed by atoms with Crippen molar-refractivity contribution in [1.82, 2.24) is 19.7 Å². The summed E-state index contributed by atoms with van der Waals surface area (Å²) in [7, 11) is 3.37. The van der Waals surface area contributed by atoms with Gasteiger partial charge in [-0.05, 0) is 19.1 Å². The number of hydrogen-bond acceptors (Lipinski definition) is 6. The number of nitrogens with one attached hydrogen (secondary N) is 1. The number of ether oxygens (including phenoxy) is 1. The summed E-state index contributed by atoms with van der Waals surface area (Å²) in [6.07, 6.45) is 1.86. The molecular formula is C20H21N5O3S. The van der Waals surface area contributed by atoms with Crippen LogP contribution >= 0.6 is 11.3 Å². The Bertz CT molecular complexity index is 1070. The van der Waals surface area contributed by atoms with Gasteiger partial charge in [0.1, 0.15) is 16.5 Å². The molecule has 1 atom stereocenters. The van der Waals surface area contributed by atoms with Crippen molar-refractivity contribution < 1.29 is 14.3 Å². The fourth-order valence-corrected chi connectivity index (χ4v) is 4.30. The normalized spacial score (nSPS) is 15.7. The van der Waals surface area contributed by atoms with Crippen molar-refractivity contribution in [3.63, 3.8) is 0 Å². The van der Waals surface area contributed by atoms with E-state index in [1.54, 1.807) is 34.3 Å². The van der Waals surface area contributed by atoms with E-state index in [-0.39, 0.29) is 18.4 Å². The van der Waals surface area contributed by atoms with Crippen molar-refractivity contribution in [1.29, 1.82) is 0 Å². The predicted molar refractivity (Wildman–Crippen MR) is 109 cm³/mol. The Labute approximate surface area is 172 Å². The molecule has 3 aromatic rings. The quantitative estimate of drug-likeness (QED) is 0.713. The molecule has 0 saturated heterocycles. The van der Waals surface area contributed by atoms with Crippen LogP contribution in [0.4, 0.5) is 5.69 Å². The van der Waals surface area contributed by atoms with Gasteiger partial charge in [0.05, 0.1) is 29.7 Å². The number of carbonyl (C=O) groups excluding carboxylic acids is 2. The van der Waals surface area contributed by atoms with Gasteiger partial charge in [-0.15, -0.1) is 11.3 Å². The maximum Gasteiger partial charge on any atom is 0.266 e. The van der Waals surface area contributed by atoms with Gasteiger partial charge in [-0.3, -0.25) is 14.3 Å². The Morgan fingerprint density at radius 1 is 1.31 bits per heavy atom. The molecule has 0 saturated carbocycles. The van der Waals surface area contributed by atoms with E-state index >= 15 is 0 Å². The number of amides is 2. The number of benzene rings is 1. The van der Waals surface area contributed by atoms with Crippen LogP contribution < -0.4 is 10.1 Å². The van der Waals surface area contributed by atoms with Crippen LogP contribution in [-0.4, -0.2) is 45.1 Å². The first-order chi connectivity index (χ1) is 14.0. The number of hydrogen-bond donors (Lipinski definition) is 1. The molecule has 0 spiro atoms. The van der Waals surface area contributed by atoms with E-state index in [9.17, 15) is 9.59 Å². The lowest BCUT2D eigenvalue weighted by molar-refractivity contribution is -0.118. The predicted octanol–water partition coefficient (Wildman–Crippen LogP) is 2.57. The van der Waals surface area contributed by atoms with Gasteiger partial charge in [0, 0.05) is 31.9 Å². The molecule has 1 unspecified atom stereocenters. The molecule has 4 rings (SSSR count). The van der Waals surface area contributed by atoms with Gasteiger partial charge in [0.25, 0.3) is 5.91 Å². The zero-order valence-electron chi connectivity index (χ0n) is 16.4. The van der Waals surface area contributed by atoms with Crippen LogP contribution in [0.1, 0.15) is 32.5 Å². The van der Waals surface area contributed by atoms with E-state index in [0.29, 0.717) is 34.2 Å². The molecule has 3 heterocycles. The maximum absolute atomic E-state index is 13.2. The summed E-state index contributed by atoms with van der Waals surface area (Å²) >= 11 is 1.31. The molecular weight excluding hydrogens is 390 g/mol. The molecule has 9 heteroatoms. The summed E-state index contributed by atoms with van der Waals surface area (Å²) in [6.45, 7) is 2.48. The lowest BCUT2D eigenvalue weighted by Crippen LogP contribution is -2.42. The molecule has 150 valence electrons. The summed E-state index contributed by atoms with van der Waals surface area (Å²) in [4.78, 5) is 32.7. The molecule has 8 nitrogen and oxygen atoms in total. The van der Waals surface area contributed by atoms with E-state index in [4.69, 9.17) is 4.74 Å².